The lowest BCUT2D eigenvalue weighted by molar-refractivity contribution is -0.123. The lowest BCUT2D eigenvalue weighted by Crippen LogP contribution is -2.51. The molecule has 1 aromatic rings. The molecule has 0 aliphatic carbocycles. The minimum absolute atomic E-state index is 0.157. The van der Waals surface area contributed by atoms with E-state index in [9.17, 15) is 14.4 Å². The number of urea groups is 1. The van der Waals surface area contributed by atoms with Crippen molar-refractivity contribution in [3.05, 3.63) is 29.3 Å². The summed E-state index contributed by atoms with van der Waals surface area (Å²) in [6.45, 7) is 0.476. The van der Waals surface area contributed by atoms with Crippen molar-refractivity contribution in [2.24, 2.45) is 0 Å². The molecule has 0 spiro atoms. The van der Waals surface area contributed by atoms with Crippen molar-refractivity contribution >= 4 is 39.9 Å². The van der Waals surface area contributed by atoms with Gasteiger partial charge >= 0.3 is 6.03 Å². The van der Waals surface area contributed by atoms with Crippen molar-refractivity contribution in [2.45, 2.75) is 0 Å². The van der Waals surface area contributed by atoms with Crippen LogP contribution in [0.15, 0.2) is 23.8 Å². The van der Waals surface area contributed by atoms with Crippen LogP contribution in [0.3, 0.4) is 0 Å². The van der Waals surface area contributed by atoms with Crippen LogP contribution in [-0.2, 0) is 9.59 Å². The zero-order valence-corrected chi connectivity index (χ0v) is 13.2. The number of halogens is 1. The van der Waals surface area contributed by atoms with Crippen molar-refractivity contribution in [1.82, 2.24) is 10.6 Å². The zero-order chi connectivity index (χ0) is 16.1. The summed E-state index contributed by atoms with van der Waals surface area (Å²) < 4.78 is 10.7. The van der Waals surface area contributed by atoms with E-state index < -0.39 is 17.8 Å². The van der Waals surface area contributed by atoms with Gasteiger partial charge in [-0.05, 0) is 23.8 Å². The van der Waals surface area contributed by atoms with Crippen LogP contribution in [0.25, 0.3) is 6.08 Å². The molecule has 0 bridgehead atoms. The first-order valence-corrected chi connectivity index (χ1v) is 7.42. The van der Waals surface area contributed by atoms with Crippen molar-refractivity contribution in [2.75, 3.05) is 19.0 Å². The van der Waals surface area contributed by atoms with Gasteiger partial charge in [-0.3, -0.25) is 20.2 Å². The van der Waals surface area contributed by atoms with E-state index in [-0.39, 0.29) is 5.57 Å². The van der Waals surface area contributed by atoms with Gasteiger partial charge in [-0.2, -0.15) is 0 Å². The molecule has 1 aliphatic heterocycles. The van der Waals surface area contributed by atoms with Crippen LogP contribution in [0.2, 0.25) is 0 Å². The highest BCUT2D eigenvalue weighted by atomic mass is 79.9. The van der Waals surface area contributed by atoms with Gasteiger partial charge in [0.25, 0.3) is 11.8 Å². The van der Waals surface area contributed by atoms with Crippen molar-refractivity contribution in [3.8, 4) is 11.5 Å². The second-order valence-electron chi connectivity index (χ2n) is 4.24. The Balaban J connectivity index is 2.29. The normalized spacial score (nSPS) is 14.3. The van der Waals surface area contributed by atoms with Crippen LogP contribution in [0.1, 0.15) is 5.56 Å². The van der Waals surface area contributed by atoms with E-state index in [1.807, 2.05) is 10.6 Å². The van der Waals surface area contributed by atoms with Gasteiger partial charge in [-0.1, -0.05) is 22.0 Å². The SMILES string of the molecule is COc1cc(C=C2C(=O)NC(=O)NC2=O)ccc1OCCBr. The quantitative estimate of drug-likeness (QED) is 0.463. The number of hydrogen-bond acceptors (Lipinski definition) is 5. The van der Waals surface area contributed by atoms with Crippen molar-refractivity contribution in [1.29, 1.82) is 0 Å². The largest absolute Gasteiger partial charge is 0.493 e. The molecule has 0 saturated carbocycles. The average Bonchev–Trinajstić information content (AvgIpc) is 2.49. The fourth-order valence-corrected chi connectivity index (χ4v) is 1.98. The number of carbonyl (C=O) groups is 3. The molecule has 22 heavy (non-hydrogen) atoms. The molecular weight excluding hydrogens is 356 g/mol. The highest BCUT2D eigenvalue weighted by molar-refractivity contribution is 9.09. The number of nitrogens with one attached hydrogen (secondary N) is 2. The third kappa shape index (κ3) is 3.64. The lowest BCUT2D eigenvalue weighted by Gasteiger charge is -2.14. The molecule has 1 heterocycles. The number of carbonyl (C=O) groups excluding carboxylic acids is 3. The summed E-state index contributed by atoms with van der Waals surface area (Å²) in [4.78, 5) is 34.3. The molecule has 0 radical (unpaired) electrons. The van der Waals surface area contributed by atoms with Gasteiger partial charge in [0.05, 0.1) is 13.7 Å². The smallest absolute Gasteiger partial charge is 0.328 e. The number of imide groups is 2. The summed E-state index contributed by atoms with van der Waals surface area (Å²) in [7, 11) is 1.49. The molecule has 2 rings (SSSR count). The average molecular weight is 369 g/mol. The fourth-order valence-electron chi connectivity index (χ4n) is 1.81. The van der Waals surface area contributed by atoms with E-state index >= 15 is 0 Å². The fraction of sp³-hybridized carbons (Fsp3) is 0.214. The Kier molecular flexibility index (Phi) is 5.16. The predicted octanol–water partition coefficient (Wildman–Crippen LogP) is 1.22. The molecule has 7 nitrogen and oxygen atoms in total. The minimum atomic E-state index is -0.830. The summed E-state index contributed by atoms with van der Waals surface area (Å²) >= 11 is 3.26. The molecule has 0 aromatic heterocycles. The Morgan fingerprint density at radius 2 is 1.82 bits per heavy atom. The Labute approximate surface area is 134 Å². The second-order valence-corrected chi connectivity index (χ2v) is 5.04. The lowest BCUT2D eigenvalue weighted by atomic mass is 10.1. The van der Waals surface area contributed by atoms with Gasteiger partial charge in [-0.15, -0.1) is 0 Å². The molecular formula is C14H13BrN2O5. The molecule has 8 heteroatoms. The number of benzene rings is 1. The minimum Gasteiger partial charge on any atom is -0.493 e. The Morgan fingerprint density at radius 3 is 2.41 bits per heavy atom. The second kappa shape index (κ2) is 7.08. The number of barbiturate groups is 1. The van der Waals surface area contributed by atoms with Gasteiger partial charge < -0.3 is 9.47 Å². The number of ether oxygens (including phenoxy) is 2. The molecule has 0 unspecified atom stereocenters. The molecule has 1 fully saturated rings. The molecule has 1 aliphatic rings. The number of rotatable bonds is 5. The van der Waals surface area contributed by atoms with Crippen LogP contribution in [0.4, 0.5) is 4.79 Å². The molecule has 2 N–H and O–H groups in total. The summed E-state index contributed by atoms with van der Waals surface area (Å²) in [6.07, 6.45) is 1.37. The van der Waals surface area contributed by atoms with E-state index in [1.165, 1.54) is 13.2 Å². The van der Waals surface area contributed by atoms with Gasteiger partial charge in [0.15, 0.2) is 11.5 Å². The van der Waals surface area contributed by atoms with E-state index in [0.29, 0.717) is 29.0 Å². The molecule has 1 saturated heterocycles. The van der Waals surface area contributed by atoms with Crippen LogP contribution >= 0.6 is 15.9 Å². The standard InChI is InChI=1S/C14H13BrN2O5/c1-21-11-7-8(2-3-10(11)22-5-4-15)6-9-12(18)16-14(20)17-13(9)19/h2-3,6-7H,4-5H2,1H3,(H2,16,17,18,19,20). The number of hydrogen-bond donors (Lipinski definition) is 2. The Bertz CT molecular complexity index is 635. The Morgan fingerprint density at radius 1 is 1.14 bits per heavy atom. The summed E-state index contributed by atoms with van der Waals surface area (Å²) in [5.41, 5.74) is 0.411. The van der Waals surface area contributed by atoms with Crippen LogP contribution in [0, 0.1) is 0 Å². The van der Waals surface area contributed by atoms with Crippen LogP contribution in [-0.4, -0.2) is 36.9 Å². The topological polar surface area (TPSA) is 93.7 Å². The zero-order valence-electron chi connectivity index (χ0n) is 11.6. The summed E-state index contributed by atoms with van der Waals surface area (Å²) in [5.74, 6) is -0.459. The first-order valence-electron chi connectivity index (χ1n) is 6.30. The van der Waals surface area contributed by atoms with Crippen LogP contribution < -0.4 is 20.1 Å². The van der Waals surface area contributed by atoms with Crippen LogP contribution in [0.5, 0.6) is 11.5 Å². The van der Waals surface area contributed by atoms with Gasteiger partial charge in [0.1, 0.15) is 5.57 Å². The molecule has 116 valence electrons. The molecule has 1 aromatic carbocycles. The van der Waals surface area contributed by atoms with E-state index in [4.69, 9.17) is 9.47 Å². The maximum Gasteiger partial charge on any atom is 0.328 e. The number of alkyl halides is 1. The first kappa shape index (κ1) is 16.0. The maximum atomic E-state index is 11.7. The van der Waals surface area contributed by atoms with Gasteiger partial charge in [-0.25, -0.2) is 4.79 Å². The Hall–Kier alpha value is -2.35. The third-order valence-electron chi connectivity index (χ3n) is 2.78. The number of amides is 4. The predicted molar refractivity (Wildman–Crippen MR) is 81.9 cm³/mol. The highest BCUT2D eigenvalue weighted by Gasteiger charge is 2.27. The van der Waals surface area contributed by atoms with Gasteiger partial charge in [0.2, 0.25) is 0 Å². The highest BCUT2D eigenvalue weighted by Crippen LogP contribution is 2.29. The summed E-state index contributed by atoms with van der Waals surface area (Å²) in [6, 6.07) is 4.16. The first-order chi connectivity index (χ1) is 10.5. The third-order valence-corrected chi connectivity index (χ3v) is 3.10. The van der Waals surface area contributed by atoms with E-state index in [0.717, 1.165) is 0 Å². The monoisotopic (exact) mass is 368 g/mol. The van der Waals surface area contributed by atoms with Crippen molar-refractivity contribution < 1.29 is 23.9 Å². The summed E-state index contributed by atoms with van der Waals surface area (Å²) in [5, 5.41) is 4.69. The maximum absolute atomic E-state index is 11.7. The van der Waals surface area contributed by atoms with E-state index in [1.54, 1.807) is 18.2 Å². The number of methoxy groups -OCH3 is 1. The molecule has 4 amide bonds. The van der Waals surface area contributed by atoms with Crippen molar-refractivity contribution in [3.63, 3.8) is 0 Å². The molecule has 0 atom stereocenters. The van der Waals surface area contributed by atoms with E-state index in [2.05, 4.69) is 15.9 Å². The van der Waals surface area contributed by atoms with Gasteiger partial charge in [0, 0.05) is 5.33 Å².